The number of carbonyl (C=O) groups is 2. The zero-order chi connectivity index (χ0) is 17.6. The van der Waals surface area contributed by atoms with Gasteiger partial charge in [-0.1, -0.05) is 43.3 Å². The number of aliphatic hydroxyl groups is 1. The molecule has 0 aliphatic heterocycles. The van der Waals surface area contributed by atoms with Gasteiger partial charge >= 0.3 is 0 Å². The molecule has 4 aliphatic rings. The summed E-state index contributed by atoms with van der Waals surface area (Å²) < 4.78 is 0. The Bertz CT molecular complexity index is 643. The normalized spacial score (nSPS) is 56.9. The maximum atomic E-state index is 13.3. The van der Waals surface area contributed by atoms with Gasteiger partial charge in [-0.2, -0.15) is 0 Å². The van der Waals surface area contributed by atoms with Gasteiger partial charge in [0.05, 0.1) is 16.3 Å². The Morgan fingerprint density at radius 1 is 1.25 bits per heavy atom. The first-order chi connectivity index (χ1) is 11.2. The predicted molar refractivity (Wildman–Crippen MR) is 95.7 cm³/mol. The fraction of sp³-hybridized carbons (Fsp3) is 0.800. The van der Waals surface area contributed by atoms with Crippen molar-refractivity contribution in [2.24, 2.45) is 40.4 Å². The molecule has 0 amide bonds. The molecule has 2 unspecified atom stereocenters. The highest BCUT2D eigenvalue weighted by Crippen LogP contribution is 2.71. The maximum absolute atomic E-state index is 13.3. The Morgan fingerprint density at radius 3 is 2.58 bits per heavy atom. The van der Waals surface area contributed by atoms with Crippen LogP contribution in [0.4, 0.5) is 0 Å². The molecule has 4 aliphatic carbocycles. The molecule has 1 spiro atoms. The molecule has 0 aromatic heterocycles. The quantitative estimate of drug-likeness (QED) is 0.504. The van der Waals surface area contributed by atoms with Crippen LogP contribution in [0.5, 0.6) is 0 Å². The van der Waals surface area contributed by atoms with Gasteiger partial charge in [0.25, 0.3) is 0 Å². The molecule has 1 N–H and O–H groups in total. The lowest BCUT2D eigenvalue weighted by Gasteiger charge is -2.63. The first kappa shape index (κ1) is 17.0. The first-order valence-corrected chi connectivity index (χ1v) is 10.2. The Hall–Kier alpha value is -0.480. The van der Waals surface area contributed by atoms with Crippen LogP contribution in [0.2, 0.25) is 0 Å². The predicted octanol–water partition coefficient (Wildman–Crippen LogP) is 3.53. The second kappa shape index (κ2) is 5.03. The zero-order valence-electron chi connectivity index (χ0n) is 14.7. The van der Waals surface area contributed by atoms with E-state index < -0.39 is 11.5 Å². The molecule has 0 heterocycles. The molecule has 4 heteroatoms. The molecule has 4 rings (SSSR count). The van der Waals surface area contributed by atoms with E-state index in [4.69, 9.17) is 0 Å². The molecule has 24 heavy (non-hydrogen) atoms. The van der Waals surface area contributed by atoms with Crippen LogP contribution in [0.25, 0.3) is 0 Å². The average Bonchev–Trinajstić information content (AvgIpc) is 2.65. The van der Waals surface area contributed by atoms with Crippen LogP contribution in [0, 0.1) is 40.4 Å². The van der Waals surface area contributed by atoms with Crippen molar-refractivity contribution in [3.63, 3.8) is 0 Å². The second-order valence-electron chi connectivity index (χ2n) is 9.04. The summed E-state index contributed by atoms with van der Waals surface area (Å²) in [5.74, 6) is 1.00. The van der Waals surface area contributed by atoms with Crippen molar-refractivity contribution >= 4 is 27.5 Å². The summed E-state index contributed by atoms with van der Waals surface area (Å²) in [4.78, 5) is 25.7. The molecule has 0 aromatic carbocycles. The fourth-order valence-corrected chi connectivity index (χ4v) is 8.45. The number of carbonyl (C=O) groups excluding carboxylic acids is 2. The number of alkyl halides is 1. The number of hydrogen-bond donors (Lipinski definition) is 1. The molecular weight excluding hydrogens is 368 g/mol. The number of halogens is 1. The van der Waals surface area contributed by atoms with Crippen LogP contribution in [-0.2, 0) is 9.59 Å². The molecular formula is C20H27BrO3. The summed E-state index contributed by atoms with van der Waals surface area (Å²) in [6.07, 6.45) is 2.65. The van der Waals surface area contributed by atoms with Crippen molar-refractivity contribution in [2.75, 3.05) is 0 Å². The van der Waals surface area contributed by atoms with Crippen LogP contribution in [0.15, 0.2) is 12.2 Å². The van der Waals surface area contributed by atoms with E-state index in [1.807, 2.05) is 6.92 Å². The molecule has 4 saturated carbocycles. The minimum Gasteiger partial charge on any atom is -0.392 e. The van der Waals surface area contributed by atoms with Crippen LogP contribution < -0.4 is 0 Å². The summed E-state index contributed by atoms with van der Waals surface area (Å²) in [6, 6.07) is 0. The van der Waals surface area contributed by atoms with Crippen molar-refractivity contribution in [3.8, 4) is 0 Å². The van der Waals surface area contributed by atoms with Gasteiger partial charge in [0, 0.05) is 5.92 Å². The van der Waals surface area contributed by atoms with Crippen LogP contribution in [0.3, 0.4) is 0 Å². The lowest BCUT2D eigenvalue weighted by atomic mass is 9.40. The van der Waals surface area contributed by atoms with Gasteiger partial charge in [0.1, 0.15) is 5.78 Å². The molecule has 0 aromatic rings. The van der Waals surface area contributed by atoms with E-state index in [1.165, 1.54) is 0 Å². The Morgan fingerprint density at radius 2 is 1.92 bits per heavy atom. The van der Waals surface area contributed by atoms with Crippen molar-refractivity contribution in [1.29, 1.82) is 0 Å². The minimum atomic E-state index is -0.669. The van der Waals surface area contributed by atoms with Gasteiger partial charge in [-0.15, -0.1) is 0 Å². The molecule has 4 fully saturated rings. The highest BCUT2D eigenvalue weighted by atomic mass is 79.9. The minimum absolute atomic E-state index is 0.0622. The SMILES string of the molecule is C=C1C(=O)[C@]23C(C)[C@H]1CC[C@H]2[C@]1(C)CC(Br)C(=O)[C@H](C)[C@H]1C[C@H]3O. The van der Waals surface area contributed by atoms with E-state index in [0.717, 1.165) is 24.8 Å². The van der Waals surface area contributed by atoms with Crippen molar-refractivity contribution in [3.05, 3.63) is 12.2 Å². The number of ketones is 2. The summed E-state index contributed by atoms with van der Waals surface area (Å²) in [5, 5.41) is 11.2. The smallest absolute Gasteiger partial charge is 0.167 e. The molecule has 9 atom stereocenters. The summed E-state index contributed by atoms with van der Waals surface area (Å²) in [7, 11) is 0. The van der Waals surface area contributed by atoms with E-state index in [2.05, 4.69) is 36.4 Å². The van der Waals surface area contributed by atoms with Gasteiger partial charge in [-0.05, 0) is 60.3 Å². The van der Waals surface area contributed by atoms with Crippen molar-refractivity contribution in [2.45, 2.75) is 57.4 Å². The third-order valence-corrected chi connectivity index (χ3v) is 9.26. The van der Waals surface area contributed by atoms with Gasteiger partial charge < -0.3 is 5.11 Å². The van der Waals surface area contributed by atoms with E-state index in [-0.39, 0.29) is 51.4 Å². The van der Waals surface area contributed by atoms with E-state index in [9.17, 15) is 14.7 Å². The molecule has 3 nitrogen and oxygen atoms in total. The Labute approximate surface area is 152 Å². The first-order valence-electron chi connectivity index (χ1n) is 9.26. The standard InChI is InChI=1S/C20H27BrO3/c1-9-12-5-6-15-19(4)8-14(21)17(23)10(2)13(19)7-16(22)20(15,11(12)3)18(9)24/h10-16,22H,1,5-8H2,2-4H3/t10-,11?,12+,13-,14?,15+,16-,19-,20-/m1/s1. The number of hydrogen-bond acceptors (Lipinski definition) is 3. The van der Waals surface area contributed by atoms with E-state index in [0.29, 0.717) is 6.42 Å². The van der Waals surface area contributed by atoms with Crippen LogP contribution in [-0.4, -0.2) is 27.6 Å². The molecule has 132 valence electrons. The van der Waals surface area contributed by atoms with E-state index in [1.54, 1.807) is 0 Å². The fourth-order valence-electron chi connectivity index (χ4n) is 7.34. The zero-order valence-corrected chi connectivity index (χ0v) is 16.3. The van der Waals surface area contributed by atoms with Crippen molar-refractivity contribution < 1.29 is 14.7 Å². The lowest BCUT2D eigenvalue weighted by molar-refractivity contribution is -0.198. The number of aliphatic hydroxyl groups excluding tert-OH is 1. The van der Waals surface area contributed by atoms with Crippen LogP contribution >= 0.6 is 15.9 Å². The second-order valence-corrected chi connectivity index (χ2v) is 10.1. The Kier molecular flexibility index (Phi) is 3.56. The van der Waals surface area contributed by atoms with Gasteiger partial charge in [-0.3, -0.25) is 9.59 Å². The maximum Gasteiger partial charge on any atom is 0.167 e. The molecule has 0 saturated heterocycles. The summed E-state index contributed by atoms with van der Waals surface area (Å²) in [6.45, 7) is 10.5. The third-order valence-electron chi connectivity index (χ3n) is 8.48. The topological polar surface area (TPSA) is 54.4 Å². The van der Waals surface area contributed by atoms with E-state index >= 15 is 0 Å². The van der Waals surface area contributed by atoms with Gasteiger partial charge in [0.2, 0.25) is 0 Å². The molecule has 2 bridgehead atoms. The lowest BCUT2D eigenvalue weighted by Crippen LogP contribution is -2.65. The van der Waals surface area contributed by atoms with Gasteiger partial charge in [0.15, 0.2) is 5.78 Å². The largest absolute Gasteiger partial charge is 0.392 e. The van der Waals surface area contributed by atoms with Crippen LogP contribution in [0.1, 0.15) is 46.5 Å². The number of allylic oxidation sites excluding steroid dienone is 1. The number of fused-ring (bicyclic) bond motifs is 3. The van der Waals surface area contributed by atoms with Crippen molar-refractivity contribution in [1.82, 2.24) is 0 Å². The average molecular weight is 395 g/mol. The highest BCUT2D eigenvalue weighted by molar-refractivity contribution is 9.10. The van der Waals surface area contributed by atoms with Gasteiger partial charge in [-0.25, -0.2) is 0 Å². The summed E-state index contributed by atoms with van der Waals surface area (Å²) >= 11 is 3.60. The summed E-state index contributed by atoms with van der Waals surface area (Å²) in [5.41, 5.74) is -0.0142. The number of Topliss-reactive ketones (excluding diaryl/α,β-unsaturated/α-hetero) is 2. The number of rotatable bonds is 0. The molecule has 0 radical (unpaired) electrons. The highest BCUT2D eigenvalue weighted by Gasteiger charge is 2.72. The monoisotopic (exact) mass is 394 g/mol. The third kappa shape index (κ3) is 1.68. The Balaban J connectivity index is 1.87.